The van der Waals surface area contributed by atoms with Gasteiger partial charge >= 0.3 is 0 Å². The lowest BCUT2D eigenvalue weighted by Crippen LogP contribution is -2.49. The zero-order chi connectivity index (χ0) is 26.3. The van der Waals surface area contributed by atoms with Crippen molar-refractivity contribution in [1.29, 1.82) is 0 Å². The number of anilines is 1. The quantitative estimate of drug-likeness (QED) is 0.286. The number of nitrogens with zero attached hydrogens (tertiary/aromatic N) is 2. The number of Topliss-reactive ketones (excluding diaryl/α,β-unsaturated/α-hetero) is 1. The maximum absolute atomic E-state index is 12.9. The Kier molecular flexibility index (Phi) is 8.37. The van der Waals surface area contributed by atoms with Crippen molar-refractivity contribution in [2.24, 2.45) is 0 Å². The molecule has 1 atom stereocenters. The van der Waals surface area contributed by atoms with Crippen LogP contribution in [0.1, 0.15) is 27.9 Å². The lowest BCUT2D eigenvalue weighted by molar-refractivity contribution is 0.0662. The summed E-state index contributed by atoms with van der Waals surface area (Å²) >= 11 is 0. The lowest BCUT2D eigenvalue weighted by Gasteiger charge is -2.37. The number of carbonyl (C=O) groups is 1. The topological polar surface area (TPSA) is 53.0 Å². The van der Waals surface area contributed by atoms with Crippen molar-refractivity contribution in [2.45, 2.75) is 25.9 Å². The van der Waals surface area contributed by atoms with Crippen molar-refractivity contribution in [1.82, 2.24) is 4.90 Å². The zero-order valence-corrected chi connectivity index (χ0v) is 22.1. The molecule has 0 aromatic heterocycles. The minimum Gasteiger partial charge on any atom is -0.491 e. The number of aliphatic hydroxyl groups excluding tert-OH is 1. The number of hydrogen-bond acceptors (Lipinski definition) is 5. The van der Waals surface area contributed by atoms with Gasteiger partial charge in [-0.05, 0) is 53.4 Å². The monoisotopic (exact) mass is 508 g/mol. The zero-order valence-electron chi connectivity index (χ0n) is 22.1. The number of carbonyl (C=O) groups excluding carboxylic acids is 1. The van der Waals surface area contributed by atoms with Crippen LogP contribution in [0.4, 0.5) is 5.69 Å². The molecule has 1 aliphatic rings. The van der Waals surface area contributed by atoms with Crippen molar-refractivity contribution in [3.8, 4) is 5.75 Å². The predicted octanol–water partition coefficient (Wildman–Crippen LogP) is 5.53. The lowest BCUT2D eigenvalue weighted by atomic mass is 9.98. The Balaban J connectivity index is 1.09. The van der Waals surface area contributed by atoms with Crippen LogP contribution < -0.4 is 9.64 Å². The maximum Gasteiger partial charge on any atom is 0.163 e. The number of piperazine rings is 1. The molecule has 4 aromatic rings. The molecule has 38 heavy (non-hydrogen) atoms. The smallest absolute Gasteiger partial charge is 0.163 e. The van der Waals surface area contributed by atoms with Gasteiger partial charge in [-0.15, -0.1) is 0 Å². The van der Waals surface area contributed by atoms with E-state index in [1.807, 2.05) is 36.4 Å². The summed E-state index contributed by atoms with van der Waals surface area (Å²) < 4.78 is 5.89. The second kappa shape index (κ2) is 12.2. The molecular formula is C33H36N2O3. The van der Waals surface area contributed by atoms with Crippen LogP contribution in [-0.4, -0.2) is 61.2 Å². The van der Waals surface area contributed by atoms with Crippen LogP contribution in [0.3, 0.4) is 0 Å². The van der Waals surface area contributed by atoms with Crippen LogP contribution in [0.5, 0.6) is 5.75 Å². The fourth-order valence-corrected chi connectivity index (χ4v) is 5.30. The van der Waals surface area contributed by atoms with Crippen molar-refractivity contribution in [3.05, 3.63) is 108 Å². The fourth-order valence-electron chi connectivity index (χ4n) is 5.30. The molecule has 0 spiro atoms. The minimum absolute atomic E-state index is 0.0930. The molecule has 1 heterocycles. The van der Waals surface area contributed by atoms with Gasteiger partial charge in [0, 0.05) is 50.4 Å². The first kappa shape index (κ1) is 26.0. The number of rotatable bonds is 10. The van der Waals surface area contributed by atoms with E-state index in [2.05, 4.69) is 65.3 Å². The Morgan fingerprint density at radius 1 is 0.895 bits per heavy atom. The molecule has 1 saturated heterocycles. The third kappa shape index (κ3) is 6.42. The largest absolute Gasteiger partial charge is 0.491 e. The van der Waals surface area contributed by atoms with Gasteiger partial charge in [0.1, 0.15) is 18.5 Å². The Morgan fingerprint density at radius 2 is 1.63 bits per heavy atom. The summed E-state index contributed by atoms with van der Waals surface area (Å²) in [5.74, 6) is 0.708. The van der Waals surface area contributed by atoms with Gasteiger partial charge in [0.15, 0.2) is 5.78 Å². The maximum atomic E-state index is 12.9. The van der Waals surface area contributed by atoms with Crippen LogP contribution >= 0.6 is 0 Å². The van der Waals surface area contributed by atoms with Gasteiger partial charge in [0.05, 0.1) is 0 Å². The summed E-state index contributed by atoms with van der Waals surface area (Å²) in [5.41, 5.74) is 4.42. The number of ether oxygens (including phenoxy) is 1. The number of fused-ring (bicyclic) bond motifs is 1. The SMILES string of the molecule is Cc1ccccc1N1CCN(CC(O)COc2cccc(C(=O)CCc3cccc4ccccc34)c2)CC1. The third-order valence-corrected chi connectivity index (χ3v) is 7.40. The van der Waals surface area contributed by atoms with E-state index in [4.69, 9.17) is 4.74 Å². The Bertz CT molecular complexity index is 1370. The number of aliphatic hydroxyl groups is 1. The molecule has 196 valence electrons. The van der Waals surface area contributed by atoms with Gasteiger partial charge in [-0.3, -0.25) is 9.69 Å². The van der Waals surface area contributed by atoms with Crippen LogP contribution in [0.15, 0.2) is 91.0 Å². The molecule has 0 amide bonds. The average molecular weight is 509 g/mol. The van der Waals surface area contributed by atoms with E-state index in [1.165, 1.54) is 27.6 Å². The first-order valence-electron chi connectivity index (χ1n) is 13.5. The molecular weight excluding hydrogens is 472 g/mol. The summed E-state index contributed by atoms with van der Waals surface area (Å²) in [7, 11) is 0. The van der Waals surface area contributed by atoms with E-state index < -0.39 is 6.10 Å². The standard InChI is InChI=1S/C33H36N2O3/c1-25-8-2-5-15-32(25)35-20-18-34(19-21-35)23-29(36)24-38-30-13-7-12-28(22-30)33(37)17-16-27-11-6-10-26-9-3-4-14-31(26)27/h2-15,22,29,36H,16-21,23-24H2,1H3. The van der Waals surface area contributed by atoms with Crippen LogP contribution in [0.2, 0.25) is 0 Å². The first-order valence-corrected chi connectivity index (χ1v) is 13.5. The molecule has 4 aromatic carbocycles. The molecule has 1 N–H and O–H groups in total. The summed E-state index contributed by atoms with van der Waals surface area (Å²) in [5, 5.41) is 13.0. The van der Waals surface area contributed by atoms with Crippen LogP contribution in [0.25, 0.3) is 10.8 Å². The molecule has 0 aliphatic carbocycles. The Hall–Kier alpha value is -3.67. The highest BCUT2D eigenvalue weighted by Gasteiger charge is 2.20. The van der Waals surface area contributed by atoms with Crippen LogP contribution in [0, 0.1) is 6.92 Å². The summed E-state index contributed by atoms with van der Waals surface area (Å²) in [6, 6.07) is 30.3. The van der Waals surface area contributed by atoms with Gasteiger partial charge in [0.2, 0.25) is 0 Å². The number of ketones is 1. The van der Waals surface area contributed by atoms with Gasteiger partial charge in [-0.1, -0.05) is 72.8 Å². The Labute approximate surface area is 225 Å². The van der Waals surface area contributed by atoms with Gasteiger partial charge in [0.25, 0.3) is 0 Å². The van der Waals surface area contributed by atoms with Gasteiger partial charge in [-0.25, -0.2) is 0 Å². The average Bonchev–Trinajstić information content (AvgIpc) is 2.96. The van der Waals surface area contributed by atoms with Gasteiger partial charge < -0.3 is 14.7 Å². The number of aryl methyl sites for hydroxylation is 2. The highest BCUT2D eigenvalue weighted by molar-refractivity contribution is 5.97. The number of hydrogen-bond donors (Lipinski definition) is 1. The highest BCUT2D eigenvalue weighted by Crippen LogP contribution is 2.23. The first-order chi connectivity index (χ1) is 18.6. The minimum atomic E-state index is -0.592. The van der Waals surface area contributed by atoms with Crippen LogP contribution in [-0.2, 0) is 6.42 Å². The molecule has 0 radical (unpaired) electrons. The number of benzene rings is 4. The second-order valence-electron chi connectivity index (χ2n) is 10.1. The predicted molar refractivity (Wildman–Crippen MR) is 154 cm³/mol. The summed E-state index contributed by atoms with van der Waals surface area (Å²) in [6.07, 6.45) is 0.543. The fraction of sp³-hybridized carbons (Fsp3) is 0.303. The van der Waals surface area contributed by atoms with Crippen molar-refractivity contribution < 1.29 is 14.6 Å². The molecule has 1 unspecified atom stereocenters. The molecule has 5 heteroatoms. The number of β-amino-alcohol motifs (C(OH)–C–C–N with tert-alkyl or cyclic N) is 1. The van der Waals surface area contributed by atoms with Gasteiger partial charge in [-0.2, -0.15) is 0 Å². The van der Waals surface area contributed by atoms with Crippen molar-refractivity contribution in [2.75, 3.05) is 44.2 Å². The molecule has 0 bridgehead atoms. The molecule has 0 saturated carbocycles. The van der Waals surface area contributed by atoms with E-state index in [0.29, 0.717) is 30.7 Å². The summed E-state index contributed by atoms with van der Waals surface area (Å²) in [4.78, 5) is 17.6. The van der Waals surface area contributed by atoms with E-state index in [0.717, 1.165) is 26.2 Å². The Morgan fingerprint density at radius 3 is 2.47 bits per heavy atom. The second-order valence-corrected chi connectivity index (χ2v) is 10.1. The highest BCUT2D eigenvalue weighted by atomic mass is 16.5. The van der Waals surface area contributed by atoms with E-state index in [1.54, 1.807) is 6.07 Å². The third-order valence-electron chi connectivity index (χ3n) is 7.40. The van der Waals surface area contributed by atoms with E-state index >= 15 is 0 Å². The van der Waals surface area contributed by atoms with E-state index in [9.17, 15) is 9.90 Å². The molecule has 1 fully saturated rings. The molecule has 1 aliphatic heterocycles. The van der Waals surface area contributed by atoms with Crippen molar-refractivity contribution >= 4 is 22.2 Å². The summed E-state index contributed by atoms with van der Waals surface area (Å²) in [6.45, 7) is 6.63. The molecule has 5 nitrogen and oxygen atoms in total. The van der Waals surface area contributed by atoms with E-state index in [-0.39, 0.29) is 12.4 Å². The van der Waals surface area contributed by atoms with Crippen molar-refractivity contribution in [3.63, 3.8) is 0 Å². The number of para-hydroxylation sites is 1. The molecule has 5 rings (SSSR count). The normalized spacial score (nSPS) is 14.9.